The van der Waals surface area contributed by atoms with Gasteiger partial charge in [-0.05, 0) is 58.1 Å². The number of para-hydroxylation sites is 1. The molecule has 0 aliphatic rings. The third-order valence-corrected chi connectivity index (χ3v) is 7.95. The van der Waals surface area contributed by atoms with Crippen molar-refractivity contribution in [3.63, 3.8) is 0 Å². The van der Waals surface area contributed by atoms with Crippen molar-refractivity contribution < 1.29 is 0 Å². The Kier molecular flexibility index (Phi) is 11.6. The molecule has 0 radical (unpaired) electrons. The number of hydrogen-bond acceptors (Lipinski definition) is 1. The average molecular weight is 630 g/mol. The van der Waals surface area contributed by atoms with Crippen LogP contribution in [0.1, 0.15) is 22.3 Å². The topological polar surface area (TPSA) is 3.24 Å². The maximum atomic E-state index is 2.34. The summed E-state index contributed by atoms with van der Waals surface area (Å²) in [5.41, 5.74) is 10.3. The van der Waals surface area contributed by atoms with Gasteiger partial charge in [-0.15, -0.1) is 0 Å². The summed E-state index contributed by atoms with van der Waals surface area (Å²) in [4.78, 5) is 2.34. The molecular formula is C48H39N. The van der Waals surface area contributed by atoms with Gasteiger partial charge in [0.15, 0.2) is 0 Å². The Morgan fingerprint density at radius 3 is 1.06 bits per heavy atom. The van der Waals surface area contributed by atoms with Crippen molar-refractivity contribution in [1.82, 2.24) is 0 Å². The third-order valence-electron chi connectivity index (χ3n) is 7.95. The molecule has 0 aliphatic heterocycles. The summed E-state index contributed by atoms with van der Waals surface area (Å²) >= 11 is 0. The maximum Gasteiger partial charge on any atom is 0.0540 e. The van der Waals surface area contributed by atoms with E-state index in [0.29, 0.717) is 0 Å². The highest BCUT2D eigenvalue weighted by atomic mass is 15.1. The first-order valence-corrected chi connectivity index (χ1v) is 16.6. The van der Waals surface area contributed by atoms with E-state index in [2.05, 4.69) is 205 Å². The van der Waals surface area contributed by atoms with Crippen LogP contribution in [0.15, 0.2) is 212 Å². The van der Waals surface area contributed by atoms with Crippen LogP contribution < -0.4 is 4.90 Å². The van der Waals surface area contributed by atoms with Crippen molar-refractivity contribution in [2.45, 2.75) is 0 Å². The van der Waals surface area contributed by atoms with Crippen molar-refractivity contribution in [3.8, 4) is 11.1 Å². The van der Waals surface area contributed by atoms with Crippen molar-refractivity contribution in [2.75, 3.05) is 4.90 Å². The van der Waals surface area contributed by atoms with Gasteiger partial charge in [-0.1, -0.05) is 206 Å². The van der Waals surface area contributed by atoms with E-state index in [9.17, 15) is 0 Å². The largest absolute Gasteiger partial charge is 0.310 e. The number of anilines is 3. The summed E-state index contributed by atoms with van der Waals surface area (Å²) in [6.45, 7) is 0. The SMILES string of the molecule is C(=C\C=C\c1ccc(N(c2ccc(/C=C/C=C/C=C/c3ccccc3)cc2)c2ccccc2-c2ccccc2)cc1)/C=C/c1ccccc1. The molecular weight excluding hydrogens is 591 g/mol. The minimum absolute atomic E-state index is 1.10. The zero-order chi connectivity index (χ0) is 33.4. The second-order valence-corrected chi connectivity index (χ2v) is 11.4. The Hall–Kier alpha value is -6.44. The molecule has 1 heteroatoms. The lowest BCUT2D eigenvalue weighted by atomic mass is 10.0. The minimum atomic E-state index is 1.10. The predicted molar refractivity (Wildman–Crippen MR) is 214 cm³/mol. The Labute approximate surface area is 291 Å². The fraction of sp³-hybridized carbons (Fsp3) is 0. The van der Waals surface area contributed by atoms with Crippen LogP contribution in [0.3, 0.4) is 0 Å². The van der Waals surface area contributed by atoms with E-state index in [0.717, 1.165) is 28.2 Å². The van der Waals surface area contributed by atoms with E-state index in [1.807, 2.05) is 36.4 Å². The number of nitrogens with zero attached hydrogens (tertiary/aromatic N) is 1. The van der Waals surface area contributed by atoms with E-state index in [-0.39, 0.29) is 0 Å². The molecule has 236 valence electrons. The maximum absolute atomic E-state index is 2.34. The predicted octanol–water partition coefficient (Wildman–Crippen LogP) is 13.4. The Morgan fingerprint density at radius 2 is 0.633 bits per heavy atom. The van der Waals surface area contributed by atoms with Crippen molar-refractivity contribution in [1.29, 1.82) is 0 Å². The van der Waals surface area contributed by atoms with Crippen LogP contribution in [0.25, 0.3) is 35.4 Å². The first-order chi connectivity index (χ1) is 24.3. The molecule has 6 rings (SSSR count). The molecule has 0 amide bonds. The minimum Gasteiger partial charge on any atom is -0.310 e. The fourth-order valence-corrected chi connectivity index (χ4v) is 5.48. The number of rotatable bonds is 12. The molecule has 49 heavy (non-hydrogen) atoms. The molecule has 0 fully saturated rings. The van der Waals surface area contributed by atoms with E-state index >= 15 is 0 Å². The first-order valence-electron chi connectivity index (χ1n) is 16.6. The van der Waals surface area contributed by atoms with Crippen molar-refractivity contribution in [3.05, 3.63) is 235 Å². The second-order valence-electron chi connectivity index (χ2n) is 11.4. The van der Waals surface area contributed by atoms with Gasteiger partial charge in [0, 0.05) is 16.9 Å². The molecule has 0 saturated heterocycles. The lowest BCUT2D eigenvalue weighted by Crippen LogP contribution is -2.11. The Balaban J connectivity index is 1.22. The van der Waals surface area contributed by atoms with Crippen LogP contribution in [-0.2, 0) is 0 Å². The van der Waals surface area contributed by atoms with Gasteiger partial charge in [0.05, 0.1) is 5.69 Å². The van der Waals surface area contributed by atoms with Gasteiger partial charge in [-0.2, -0.15) is 0 Å². The molecule has 1 nitrogen and oxygen atoms in total. The molecule has 0 spiro atoms. The smallest absolute Gasteiger partial charge is 0.0540 e. The van der Waals surface area contributed by atoms with Gasteiger partial charge in [0.25, 0.3) is 0 Å². The lowest BCUT2D eigenvalue weighted by Gasteiger charge is -2.28. The number of benzene rings is 6. The van der Waals surface area contributed by atoms with Gasteiger partial charge < -0.3 is 4.90 Å². The van der Waals surface area contributed by atoms with E-state index in [4.69, 9.17) is 0 Å². The molecule has 0 aromatic heterocycles. The monoisotopic (exact) mass is 629 g/mol. The zero-order valence-electron chi connectivity index (χ0n) is 27.5. The first kappa shape index (κ1) is 32.5. The quantitative estimate of drug-likeness (QED) is 0.122. The molecule has 6 aromatic rings. The average Bonchev–Trinajstić information content (AvgIpc) is 3.17. The van der Waals surface area contributed by atoms with Crippen LogP contribution in [0.2, 0.25) is 0 Å². The Morgan fingerprint density at radius 1 is 0.286 bits per heavy atom. The standard InChI is InChI=1S/C48H39N/c1(8-20-40-22-12-5-13-23-40)3-10-26-42-32-36-45(37-33-42)49(48-31-19-18-30-47(48)44-28-16-7-17-29-44)46-38-34-43(35-39-46)27-11-4-2-9-21-41-24-14-6-15-25-41/h1-39H/b3-1+,4-2+,20-8+,21-9+,26-10+,27-11+. The van der Waals surface area contributed by atoms with E-state index in [1.165, 1.54) is 22.3 Å². The normalized spacial score (nSPS) is 12.0. The highest BCUT2D eigenvalue weighted by molar-refractivity contribution is 5.88. The van der Waals surface area contributed by atoms with Crippen molar-refractivity contribution in [2.24, 2.45) is 0 Å². The van der Waals surface area contributed by atoms with Gasteiger partial charge in [0.2, 0.25) is 0 Å². The summed E-state index contributed by atoms with van der Waals surface area (Å²) in [7, 11) is 0. The molecule has 0 N–H and O–H groups in total. The summed E-state index contributed by atoms with van der Waals surface area (Å²) < 4.78 is 0. The molecule has 0 saturated carbocycles. The van der Waals surface area contributed by atoms with Crippen LogP contribution in [-0.4, -0.2) is 0 Å². The molecule has 0 bridgehead atoms. The van der Waals surface area contributed by atoms with Crippen LogP contribution in [0.5, 0.6) is 0 Å². The van der Waals surface area contributed by atoms with Gasteiger partial charge in [-0.25, -0.2) is 0 Å². The van der Waals surface area contributed by atoms with Crippen LogP contribution in [0.4, 0.5) is 17.1 Å². The summed E-state index contributed by atoms with van der Waals surface area (Å²) in [5.74, 6) is 0. The van der Waals surface area contributed by atoms with Crippen molar-refractivity contribution >= 4 is 41.4 Å². The van der Waals surface area contributed by atoms with Gasteiger partial charge in [-0.3, -0.25) is 0 Å². The number of allylic oxidation sites excluding steroid dienone is 8. The fourth-order valence-electron chi connectivity index (χ4n) is 5.48. The highest BCUT2D eigenvalue weighted by Gasteiger charge is 2.16. The number of hydrogen-bond donors (Lipinski definition) is 0. The van der Waals surface area contributed by atoms with Crippen LogP contribution >= 0.6 is 0 Å². The summed E-state index contributed by atoms with van der Waals surface area (Å²) in [6, 6.07) is 57.3. The third kappa shape index (κ3) is 9.54. The molecule has 0 aliphatic carbocycles. The zero-order valence-corrected chi connectivity index (χ0v) is 27.5. The van der Waals surface area contributed by atoms with E-state index in [1.54, 1.807) is 0 Å². The van der Waals surface area contributed by atoms with Crippen LogP contribution in [0, 0.1) is 0 Å². The molecule has 0 atom stereocenters. The summed E-state index contributed by atoms with van der Waals surface area (Å²) in [5, 5.41) is 0. The van der Waals surface area contributed by atoms with Gasteiger partial charge in [0.1, 0.15) is 0 Å². The highest BCUT2D eigenvalue weighted by Crippen LogP contribution is 2.40. The molecule has 6 aromatic carbocycles. The summed E-state index contributed by atoms with van der Waals surface area (Å²) in [6.07, 6.45) is 25.0. The molecule has 0 unspecified atom stereocenters. The molecule has 0 heterocycles. The van der Waals surface area contributed by atoms with Gasteiger partial charge >= 0.3 is 0 Å². The Bertz CT molecular complexity index is 1950. The second kappa shape index (κ2) is 17.5. The van der Waals surface area contributed by atoms with E-state index < -0.39 is 0 Å². The lowest BCUT2D eigenvalue weighted by molar-refractivity contribution is 1.28.